The maximum absolute atomic E-state index is 12.4. The molecule has 0 fully saturated rings. The molecule has 0 saturated carbocycles. The Morgan fingerprint density at radius 2 is 1.68 bits per heavy atom. The molecule has 1 aromatic carbocycles. The van der Waals surface area contributed by atoms with E-state index >= 15 is 0 Å². The fourth-order valence-corrected chi connectivity index (χ4v) is 2.54. The monoisotopic (exact) mass is 256 g/mol. The fourth-order valence-electron chi connectivity index (χ4n) is 2.54. The lowest BCUT2D eigenvalue weighted by atomic mass is 9.80. The lowest BCUT2D eigenvalue weighted by Crippen LogP contribution is -2.35. The van der Waals surface area contributed by atoms with Crippen molar-refractivity contribution in [1.82, 2.24) is 0 Å². The van der Waals surface area contributed by atoms with Gasteiger partial charge >= 0.3 is 0 Å². The third kappa shape index (κ3) is 1.76. The molecule has 0 aromatic heterocycles. The lowest BCUT2D eigenvalue weighted by molar-refractivity contribution is -0.128. The zero-order valence-electron chi connectivity index (χ0n) is 10.4. The first-order chi connectivity index (χ1) is 9.09. The Bertz CT molecular complexity index is 639. The first-order valence-corrected chi connectivity index (χ1v) is 6.12. The SMILES string of the molecule is CC(=O)C1CC2=C(CO1)C(=O)c1ccccc1C2=O. The summed E-state index contributed by atoms with van der Waals surface area (Å²) >= 11 is 0. The quantitative estimate of drug-likeness (QED) is 0.768. The highest BCUT2D eigenvalue weighted by atomic mass is 16.5. The van der Waals surface area contributed by atoms with Gasteiger partial charge in [0.25, 0.3) is 0 Å². The fraction of sp³-hybridized carbons (Fsp3) is 0.267. The van der Waals surface area contributed by atoms with Crippen molar-refractivity contribution in [3.63, 3.8) is 0 Å². The molecule has 1 aliphatic carbocycles. The van der Waals surface area contributed by atoms with Crippen molar-refractivity contribution >= 4 is 17.3 Å². The average Bonchev–Trinajstić information content (AvgIpc) is 2.44. The molecular formula is C15H12O4. The van der Waals surface area contributed by atoms with Crippen LogP contribution in [0.25, 0.3) is 0 Å². The molecule has 4 heteroatoms. The van der Waals surface area contributed by atoms with Crippen LogP contribution in [0, 0.1) is 0 Å². The molecule has 0 radical (unpaired) electrons. The summed E-state index contributed by atoms with van der Waals surface area (Å²) in [6.07, 6.45) is -0.412. The van der Waals surface area contributed by atoms with Crippen molar-refractivity contribution in [3.05, 3.63) is 46.5 Å². The van der Waals surface area contributed by atoms with E-state index in [4.69, 9.17) is 4.74 Å². The molecule has 19 heavy (non-hydrogen) atoms. The van der Waals surface area contributed by atoms with Gasteiger partial charge in [-0.3, -0.25) is 14.4 Å². The van der Waals surface area contributed by atoms with Crippen molar-refractivity contribution in [1.29, 1.82) is 0 Å². The molecule has 0 spiro atoms. The van der Waals surface area contributed by atoms with Gasteiger partial charge in [-0.1, -0.05) is 24.3 Å². The van der Waals surface area contributed by atoms with Crippen LogP contribution in [0.1, 0.15) is 34.1 Å². The van der Waals surface area contributed by atoms with Crippen LogP contribution in [0.3, 0.4) is 0 Å². The minimum Gasteiger partial charge on any atom is -0.365 e. The summed E-state index contributed by atoms with van der Waals surface area (Å²) in [4.78, 5) is 36.0. The van der Waals surface area contributed by atoms with E-state index in [2.05, 4.69) is 0 Å². The van der Waals surface area contributed by atoms with Crippen LogP contribution in [-0.2, 0) is 9.53 Å². The number of rotatable bonds is 1. The standard InChI is InChI=1S/C15H12O4/c1-8(16)13-6-11-12(7-19-13)15(18)10-5-3-2-4-9(10)14(11)17/h2-5,13H,6-7H2,1H3. The number of benzene rings is 1. The molecule has 1 aliphatic heterocycles. The smallest absolute Gasteiger partial charge is 0.192 e. The normalized spacial score (nSPS) is 22.1. The first kappa shape index (κ1) is 12.0. The molecule has 96 valence electrons. The molecule has 1 unspecified atom stereocenters. The van der Waals surface area contributed by atoms with E-state index < -0.39 is 6.10 Å². The lowest BCUT2D eigenvalue weighted by Gasteiger charge is -2.28. The zero-order valence-corrected chi connectivity index (χ0v) is 10.4. The molecule has 0 amide bonds. The minimum atomic E-state index is -0.610. The molecule has 0 saturated heterocycles. The van der Waals surface area contributed by atoms with Gasteiger partial charge < -0.3 is 4.74 Å². The topological polar surface area (TPSA) is 60.4 Å². The number of carbonyl (C=O) groups is 3. The van der Waals surface area contributed by atoms with Crippen LogP contribution >= 0.6 is 0 Å². The summed E-state index contributed by atoms with van der Waals surface area (Å²) in [6, 6.07) is 6.77. The summed E-state index contributed by atoms with van der Waals surface area (Å²) in [5, 5.41) is 0. The van der Waals surface area contributed by atoms with E-state index in [1.54, 1.807) is 24.3 Å². The molecule has 0 bridgehead atoms. The van der Waals surface area contributed by atoms with Gasteiger partial charge in [0, 0.05) is 28.7 Å². The van der Waals surface area contributed by atoms with Gasteiger partial charge in [0.1, 0.15) is 6.10 Å². The number of hydrogen-bond acceptors (Lipinski definition) is 4. The molecule has 0 N–H and O–H groups in total. The summed E-state index contributed by atoms with van der Waals surface area (Å²) in [6.45, 7) is 1.47. The third-order valence-corrected chi connectivity index (χ3v) is 3.60. The average molecular weight is 256 g/mol. The van der Waals surface area contributed by atoms with Gasteiger partial charge in [-0.25, -0.2) is 0 Å². The maximum Gasteiger partial charge on any atom is 0.192 e. The van der Waals surface area contributed by atoms with Crippen molar-refractivity contribution in [3.8, 4) is 0 Å². The van der Waals surface area contributed by atoms with Gasteiger partial charge in [0.2, 0.25) is 0 Å². The van der Waals surface area contributed by atoms with Crippen LogP contribution in [0.15, 0.2) is 35.4 Å². The third-order valence-electron chi connectivity index (χ3n) is 3.60. The number of ether oxygens (including phenoxy) is 1. The van der Waals surface area contributed by atoms with Gasteiger partial charge in [0.05, 0.1) is 6.61 Å². The molecular weight excluding hydrogens is 244 g/mol. The summed E-state index contributed by atoms with van der Waals surface area (Å²) in [5.41, 5.74) is 1.70. The summed E-state index contributed by atoms with van der Waals surface area (Å²) < 4.78 is 5.36. The van der Waals surface area contributed by atoms with Gasteiger partial charge in [-0.05, 0) is 6.92 Å². The predicted octanol–water partition coefficient (Wildman–Crippen LogP) is 1.74. The van der Waals surface area contributed by atoms with Gasteiger partial charge in [-0.15, -0.1) is 0 Å². The van der Waals surface area contributed by atoms with Crippen molar-refractivity contribution in [2.24, 2.45) is 0 Å². The molecule has 1 aromatic rings. The summed E-state index contributed by atoms with van der Waals surface area (Å²) in [5.74, 6) is -0.433. The van der Waals surface area contributed by atoms with E-state index in [0.29, 0.717) is 22.3 Å². The van der Waals surface area contributed by atoms with E-state index in [0.717, 1.165) is 0 Å². The number of carbonyl (C=O) groups excluding carboxylic acids is 3. The molecule has 2 aliphatic rings. The van der Waals surface area contributed by atoms with Crippen LogP contribution in [0.5, 0.6) is 0 Å². The Labute approximate surface area is 110 Å². The molecule has 1 heterocycles. The van der Waals surface area contributed by atoms with Gasteiger partial charge in [-0.2, -0.15) is 0 Å². The van der Waals surface area contributed by atoms with Crippen molar-refractivity contribution < 1.29 is 19.1 Å². The number of Topliss-reactive ketones (excluding diaryl/α,β-unsaturated/α-hetero) is 3. The zero-order chi connectivity index (χ0) is 13.6. The highest BCUT2D eigenvalue weighted by Crippen LogP contribution is 2.32. The molecule has 4 nitrogen and oxygen atoms in total. The van der Waals surface area contributed by atoms with E-state index in [9.17, 15) is 14.4 Å². The minimum absolute atomic E-state index is 0.0402. The highest BCUT2D eigenvalue weighted by molar-refractivity contribution is 6.27. The second-order valence-electron chi connectivity index (χ2n) is 4.78. The number of hydrogen-bond donors (Lipinski definition) is 0. The number of ketones is 3. The Morgan fingerprint density at radius 3 is 2.26 bits per heavy atom. The van der Waals surface area contributed by atoms with Crippen LogP contribution in [0.4, 0.5) is 0 Å². The Balaban J connectivity index is 2.08. The van der Waals surface area contributed by atoms with Gasteiger partial charge in [0.15, 0.2) is 17.3 Å². The second kappa shape index (κ2) is 4.24. The van der Waals surface area contributed by atoms with E-state index in [1.807, 2.05) is 0 Å². The van der Waals surface area contributed by atoms with Crippen molar-refractivity contribution in [2.45, 2.75) is 19.4 Å². The summed E-state index contributed by atoms with van der Waals surface area (Å²) in [7, 11) is 0. The molecule has 3 rings (SSSR count). The largest absolute Gasteiger partial charge is 0.365 e. The van der Waals surface area contributed by atoms with E-state index in [-0.39, 0.29) is 30.4 Å². The first-order valence-electron chi connectivity index (χ1n) is 6.12. The van der Waals surface area contributed by atoms with E-state index in [1.165, 1.54) is 6.92 Å². The number of fused-ring (bicyclic) bond motifs is 1. The molecule has 1 atom stereocenters. The van der Waals surface area contributed by atoms with Crippen molar-refractivity contribution in [2.75, 3.05) is 6.61 Å². The maximum atomic E-state index is 12.4. The predicted molar refractivity (Wildman–Crippen MR) is 67.2 cm³/mol. The van der Waals surface area contributed by atoms with Crippen LogP contribution in [-0.4, -0.2) is 30.1 Å². The Kier molecular flexibility index (Phi) is 2.68. The van der Waals surface area contributed by atoms with Crippen LogP contribution in [0.2, 0.25) is 0 Å². The second-order valence-corrected chi connectivity index (χ2v) is 4.78. The van der Waals surface area contributed by atoms with Crippen LogP contribution < -0.4 is 0 Å². The Hall–Kier alpha value is -2.07. The highest BCUT2D eigenvalue weighted by Gasteiger charge is 2.37. The Morgan fingerprint density at radius 1 is 1.11 bits per heavy atom.